The fourth-order valence-corrected chi connectivity index (χ4v) is 3.07. The van der Waals surface area contributed by atoms with Crippen molar-refractivity contribution in [2.75, 3.05) is 17.2 Å². The molecule has 2 aromatic rings. The first-order valence-corrected chi connectivity index (χ1v) is 8.58. The summed E-state index contributed by atoms with van der Waals surface area (Å²) in [6.07, 6.45) is 3.52. The third-order valence-corrected chi connectivity index (χ3v) is 4.32. The molecule has 4 nitrogen and oxygen atoms in total. The maximum Gasteiger partial charge on any atom is 0.246 e. The molecule has 126 valence electrons. The highest BCUT2D eigenvalue weighted by atomic mass is 16.5. The number of carbonyl (C=O) groups is 1. The number of ether oxygens (including phenoxy) is 1. The summed E-state index contributed by atoms with van der Waals surface area (Å²) < 4.78 is 5.55. The van der Waals surface area contributed by atoms with Gasteiger partial charge in [0, 0.05) is 5.69 Å². The first-order valence-electron chi connectivity index (χ1n) is 8.58. The van der Waals surface area contributed by atoms with Crippen molar-refractivity contribution in [3.05, 3.63) is 53.6 Å². The van der Waals surface area contributed by atoms with Crippen molar-refractivity contribution >= 4 is 17.3 Å². The molecule has 0 spiro atoms. The van der Waals surface area contributed by atoms with Crippen LogP contribution in [0.1, 0.15) is 31.4 Å². The highest BCUT2D eigenvalue weighted by molar-refractivity contribution is 5.97. The largest absolute Gasteiger partial charge is 0.492 e. The van der Waals surface area contributed by atoms with E-state index in [9.17, 15) is 4.79 Å². The molecule has 0 saturated heterocycles. The van der Waals surface area contributed by atoms with Gasteiger partial charge in [0.2, 0.25) is 5.91 Å². The molecule has 24 heavy (non-hydrogen) atoms. The van der Waals surface area contributed by atoms with E-state index < -0.39 is 0 Å². The summed E-state index contributed by atoms with van der Waals surface area (Å²) in [5.41, 5.74) is 4.53. The molecule has 4 heteroatoms. The lowest BCUT2D eigenvalue weighted by atomic mass is 10.1. The number of benzene rings is 2. The number of anilines is 2. The van der Waals surface area contributed by atoms with Crippen LogP contribution < -0.4 is 15.4 Å². The summed E-state index contributed by atoms with van der Waals surface area (Å²) in [6, 6.07) is 13.5. The Labute approximate surface area is 143 Å². The molecule has 1 aliphatic rings. The minimum atomic E-state index is -0.334. The minimum absolute atomic E-state index is 0.0809. The van der Waals surface area contributed by atoms with Crippen molar-refractivity contribution in [2.45, 2.75) is 39.2 Å². The summed E-state index contributed by atoms with van der Waals surface area (Å²) in [5.74, 6) is 0.612. The van der Waals surface area contributed by atoms with E-state index in [0.717, 1.165) is 12.1 Å². The van der Waals surface area contributed by atoms with Gasteiger partial charge in [0.05, 0.1) is 12.3 Å². The first kappa shape index (κ1) is 16.4. The predicted octanol–water partition coefficient (Wildman–Crippen LogP) is 4.01. The standard InChI is InChI=1S/C20H24N2O2/c1-3-24-19-10-5-4-9-18(19)22-20(23)14(2)21-17-12-11-15-7-6-8-16(15)13-17/h4-5,9-14,21H,3,6-8H2,1-2H3,(H,22,23). The van der Waals surface area contributed by atoms with Crippen LogP contribution in [-0.4, -0.2) is 18.6 Å². The molecule has 0 aromatic heterocycles. The quantitative estimate of drug-likeness (QED) is 0.844. The van der Waals surface area contributed by atoms with E-state index in [-0.39, 0.29) is 11.9 Å². The smallest absolute Gasteiger partial charge is 0.246 e. The summed E-state index contributed by atoms with van der Waals surface area (Å²) >= 11 is 0. The van der Waals surface area contributed by atoms with Crippen LogP contribution in [0.4, 0.5) is 11.4 Å². The zero-order chi connectivity index (χ0) is 16.9. The topological polar surface area (TPSA) is 50.4 Å². The van der Waals surface area contributed by atoms with Gasteiger partial charge in [-0.3, -0.25) is 4.79 Å². The van der Waals surface area contributed by atoms with Gasteiger partial charge in [-0.2, -0.15) is 0 Å². The van der Waals surface area contributed by atoms with Crippen LogP contribution >= 0.6 is 0 Å². The lowest BCUT2D eigenvalue weighted by molar-refractivity contribution is -0.116. The van der Waals surface area contributed by atoms with Crippen molar-refractivity contribution in [3.8, 4) is 5.75 Å². The highest BCUT2D eigenvalue weighted by Crippen LogP contribution is 2.26. The van der Waals surface area contributed by atoms with Gasteiger partial charge in [0.15, 0.2) is 0 Å². The van der Waals surface area contributed by atoms with E-state index >= 15 is 0 Å². The molecule has 0 radical (unpaired) electrons. The van der Waals surface area contributed by atoms with Gasteiger partial charge in [-0.05, 0) is 68.5 Å². The van der Waals surface area contributed by atoms with Gasteiger partial charge in [-0.25, -0.2) is 0 Å². The molecule has 2 aromatic carbocycles. The number of carbonyl (C=O) groups excluding carboxylic acids is 1. The third-order valence-electron chi connectivity index (χ3n) is 4.32. The van der Waals surface area contributed by atoms with Gasteiger partial charge < -0.3 is 15.4 Å². The van der Waals surface area contributed by atoms with E-state index in [2.05, 4.69) is 28.8 Å². The molecule has 3 rings (SSSR count). The number of fused-ring (bicyclic) bond motifs is 1. The van der Waals surface area contributed by atoms with Gasteiger partial charge in [-0.15, -0.1) is 0 Å². The second kappa shape index (κ2) is 7.39. The van der Waals surface area contributed by atoms with Crippen LogP contribution in [0.25, 0.3) is 0 Å². The van der Waals surface area contributed by atoms with Crippen molar-refractivity contribution < 1.29 is 9.53 Å². The molecule has 2 N–H and O–H groups in total. The maximum atomic E-state index is 12.5. The first-order chi connectivity index (χ1) is 11.7. The summed E-state index contributed by atoms with van der Waals surface area (Å²) in [7, 11) is 0. The molecule has 1 unspecified atom stereocenters. The van der Waals surface area contributed by atoms with E-state index in [1.54, 1.807) is 0 Å². The molecular formula is C20H24N2O2. The summed E-state index contributed by atoms with van der Waals surface area (Å²) in [6.45, 7) is 4.36. The zero-order valence-corrected chi connectivity index (χ0v) is 14.3. The monoisotopic (exact) mass is 324 g/mol. The number of hydrogen-bond donors (Lipinski definition) is 2. The van der Waals surface area contributed by atoms with E-state index in [1.165, 1.54) is 24.0 Å². The van der Waals surface area contributed by atoms with Crippen LogP contribution in [0, 0.1) is 0 Å². The molecule has 0 saturated carbocycles. The Bertz CT molecular complexity index is 727. The van der Waals surface area contributed by atoms with Gasteiger partial charge in [-0.1, -0.05) is 18.2 Å². The SMILES string of the molecule is CCOc1ccccc1NC(=O)C(C)Nc1ccc2c(c1)CCC2. The van der Waals surface area contributed by atoms with E-state index in [1.807, 2.05) is 38.1 Å². The van der Waals surface area contributed by atoms with Crippen LogP contribution in [0.3, 0.4) is 0 Å². The Hall–Kier alpha value is -2.49. The second-order valence-electron chi connectivity index (χ2n) is 6.12. The Morgan fingerprint density at radius 3 is 2.79 bits per heavy atom. The van der Waals surface area contributed by atoms with Crippen molar-refractivity contribution in [1.82, 2.24) is 0 Å². The van der Waals surface area contributed by atoms with Crippen LogP contribution in [0.2, 0.25) is 0 Å². The number of aryl methyl sites for hydroxylation is 2. The predicted molar refractivity (Wildman–Crippen MR) is 97.8 cm³/mol. The minimum Gasteiger partial charge on any atom is -0.492 e. The maximum absolute atomic E-state index is 12.5. The highest BCUT2D eigenvalue weighted by Gasteiger charge is 2.16. The number of rotatable bonds is 6. The molecule has 0 bridgehead atoms. The Balaban J connectivity index is 1.65. The Morgan fingerprint density at radius 1 is 1.17 bits per heavy atom. The molecular weight excluding hydrogens is 300 g/mol. The Kier molecular flexibility index (Phi) is 5.04. The number of para-hydroxylation sites is 2. The summed E-state index contributed by atoms with van der Waals surface area (Å²) in [4.78, 5) is 12.5. The molecule has 1 atom stereocenters. The van der Waals surface area contributed by atoms with Crippen molar-refractivity contribution in [3.63, 3.8) is 0 Å². The average molecular weight is 324 g/mol. The summed E-state index contributed by atoms with van der Waals surface area (Å²) in [5, 5.41) is 6.23. The van der Waals surface area contributed by atoms with Crippen LogP contribution in [0.15, 0.2) is 42.5 Å². The Morgan fingerprint density at radius 2 is 1.96 bits per heavy atom. The molecule has 0 aliphatic heterocycles. The van der Waals surface area contributed by atoms with Crippen molar-refractivity contribution in [2.24, 2.45) is 0 Å². The normalized spacial score (nSPS) is 13.9. The molecule has 0 fully saturated rings. The lowest BCUT2D eigenvalue weighted by Gasteiger charge is -2.17. The average Bonchev–Trinajstić information content (AvgIpc) is 3.04. The molecule has 1 aliphatic carbocycles. The number of amides is 1. The van der Waals surface area contributed by atoms with Gasteiger partial charge in [0.25, 0.3) is 0 Å². The molecule has 1 amide bonds. The van der Waals surface area contributed by atoms with Crippen LogP contribution in [-0.2, 0) is 17.6 Å². The van der Waals surface area contributed by atoms with Gasteiger partial charge >= 0.3 is 0 Å². The van der Waals surface area contributed by atoms with E-state index in [4.69, 9.17) is 4.74 Å². The molecule has 0 heterocycles. The van der Waals surface area contributed by atoms with E-state index in [0.29, 0.717) is 18.0 Å². The third kappa shape index (κ3) is 3.70. The lowest BCUT2D eigenvalue weighted by Crippen LogP contribution is -2.32. The zero-order valence-electron chi connectivity index (χ0n) is 14.3. The van der Waals surface area contributed by atoms with Gasteiger partial charge in [0.1, 0.15) is 11.8 Å². The number of hydrogen-bond acceptors (Lipinski definition) is 3. The van der Waals surface area contributed by atoms with Crippen molar-refractivity contribution in [1.29, 1.82) is 0 Å². The van der Waals surface area contributed by atoms with Crippen LogP contribution in [0.5, 0.6) is 5.75 Å². The fraction of sp³-hybridized carbons (Fsp3) is 0.350. The second-order valence-corrected chi connectivity index (χ2v) is 6.12. The number of nitrogens with one attached hydrogen (secondary N) is 2. The fourth-order valence-electron chi connectivity index (χ4n) is 3.07.